The Labute approximate surface area is 460 Å². The van der Waals surface area contributed by atoms with Crippen LogP contribution in [-0.2, 0) is 38.4 Å². The summed E-state index contributed by atoms with van der Waals surface area (Å²) in [4.78, 5) is 170. The second-order valence-corrected chi connectivity index (χ2v) is 22.8. The summed E-state index contributed by atoms with van der Waals surface area (Å²) < 4.78 is 0. The Kier molecular flexibility index (Phi) is 19.8. The molecule has 2 aliphatic heterocycles. The van der Waals surface area contributed by atoms with Gasteiger partial charge in [-0.25, -0.2) is 9.97 Å². The molecular formula is C52H68N14O10S2. The fourth-order valence-electron chi connectivity index (χ4n) is 9.30. The number of hydrogen-bond acceptors (Lipinski definition) is 16. The molecular weight excluding hydrogens is 1040 g/mol. The van der Waals surface area contributed by atoms with Gasteiger partial charge in [-0.05, 0) is 49.9 Å². The maximum Gasteiger partial charge on any atom is 0.272 e. The molecule has 4 N–H and O–H groups in total. The van der Waals surface area contributed by atoms with E-state index in [0.29, 0.717) is 22.1 Å². The first-order valence-corrected chi connectivity index (χ1v) is 27.8. The molecule has 4 heterocycles. The van der Waals surface area contributed by atoms with Crippen molar-refractivity contribution < 1.29 is 47.9 Å². The van der Waals surface area contributed by atoms with Crippen LogP contribution in [-0.4, -0.2) is 224 Å². The summed E-state index contributed by atoms with van der Waals surface area (Å²) in [6.45, 7) is 8.72. The standard InChI is InChI=1S/C52H68N14O10S2/c1-27(2)41-51(75)61(7)23-37(59-43(67)35-21-53-31-17-13-15-19-33(31)57-35)45(69)55-30(6)48(72)64(10)40-26-78-77-25-39(49(73)65(41)11)63(9)47(71)29(5)56-46(70)38(24-62(8)52(76)42(28(3)4)66(12)50(40)74)60-44(68)36-22-54-32-18-14-16-20-34(32)58-36/h13-22,27-30,37-42H,23-26H2,1-12H3,(H,55,69)(H,56,70)(H,59,67)(H,60,68)/t29-,30-,37+,38+,39-,40-,41-,42-/m0/s1. The van der Waals surface area contributed by atoms with E-state index in [1.54, 1.807) is 76.2 Å². The van der Waals surface area contributed by atoms with Crippen molar-refractivity contribution >= 4 is 103 Å². The average molecular weight is 1110 g/mol. The zero-order chi connectivity index (χ0) is 57.4. The normalized spacial score (nSPS) is 24.7. The highest BCUT2D eigenvalue weighted by molar-refractivity contribution is 8.76. The molecule has 10 amide bonds. The van der Waals surface area contributed by atoms with Gasteiger partial charge in [-0.2, -0.15) is 0 Å². The van der Waals surface area contributed by atoms with Gasteiger partial charge < -0.3 is 50.7 Å². The van der Waals surface area contributed by atoms with E-state index in [2.05, 4.69) is 41.2 Å². The third-order valence-corrected chi connectivity index (χ3v) is 16.2. The number of rotatable bonds is 6. The molecule has 4 aromatic rings. The summed E-state index contributed by atoms with van der Waals surface area (Å²) in [5.74, 6) is -8.84. The van der Waals surface area contributed by atoms with Crippen LogP contribution in [0.15, 0.2) is 60.9 Å². The van der Waals surface area contributed by atoms with E-state index < -0.39 is 132 Å². The number of hydrogen-bond donors (Lipinski definition) is 4. The number of benzene rings is 2. The summed E-state index contributed by atoms with van der Waals surface area (Å²) in [6.07, 6.45) is 2.47. The molecule has 78 heavy (non-hydrogen) atoms. The SMILES string of the molecule is CC(C)[C@H]1C(=O)N(C)C[C@@H](NC(=O)c2cnc3ccccc3n2)C(=O)N[C@@H](C)C(=O)N(C)[C@H]2CSSC[C@@H](C(=O)N1C)N(C)C(=O)[C@H](C)NC(=O)[C@H](NC(=O)c1cnc3ccccc3n1)CN(C)C(=O)[C@H](C(C)C)N(C)C2=O. The lowest BCUT2D eigenvalue weighted by Crippen LogP contribution is -2.62. The van der Waals surface area contributed by atoms with Gasteiger partial charge >= 0.3 is 0 Å². The lowest BCUT2D eigenvalue weighted by atomic mass is 10.00. The van der Waals surface area contributed by atoms with Crippen molar-refractivity contribution in [3.8, 4) is 0 Å². The number of fused-ring (bicyclic) bond motifs is 7. The molecule has 0 spiro atoms. The minimum absolute atomic E-state index is 0.123. The molecule has 0 saturated carbocycles. The number of amides is 10. The van der Waals surface area contributed by atoms with E-state index in [-0.39, 0.29) is 22.9 Å². The fraction of sp³-hybridized carbons (Fsp3) is 0.500. The van der Waals surface area contributed by atoms with Crippen LogP contribution in [0.3, 0.4) is 0 Å². The zero-order valence-electron chi connectivity index (χ0n) is 45.7. The number of carbonyl (C=O) groups excluding carboxylic acids is 10. The van der Waals surface area contributed by atoms with Crippen molar-refractivity contribution in [2.45, 2.75) is 89.9 Å². The summed E-state index contributed by atoms with van der Waals surface area (Å²) in [5, 5.41) is 10.6. The second-order valence-electron chi connectivity index (χ2n) is 20.2. The number of carbonyl (C=O) groups is 10. The zero-order valence-corrected chi connectivity index (χ0v) is 47.4. The highest BCUT2D eigenvalue weighted by Crippen LogP contribution is 2.29. The van der Waals surface area contributed by atoms with Gasteiger partial charge in [-0.15, -0.1) is 0 Å². The summed E-state index contributed by atoms with van der Waals surface area (Å²) in [6, 6.07) is 2.94. The van der Waals surface area contributed by atoms with Crippen LogP contribution in [0.25, 0.3) is 22.1 Å². The maximum absolute atomic E-state index is 15.0. The number of nitrogens with one attached hydrogen (secondary N) is 4. The molecule has 0 radical (unpaired) electrons. The minimum Gasteiger partial charge on any atom is -0.343 e. The number of aromatic nitrogens is 4. The van der Waals surface area contributed by atoms with Crippen LogP contribution in [0.2, 0.25) is 0 Å². The second kappa shape index (κ2) is 25.8. The van der Waals surface area contributed by atoms with Crippen molar-refractivity contribution in [2.75, 3.05) is 66.9 Å². The summed E-state index contributed by atoms with van der Waals surface area (Å²) in [5.41, 5.74) is 1.55. The molecule has 0 aliphatic carbocycles. The molecule has 2 saturated heterocycles. The Balaban J connectivity index is 1.42. The van der Waals surface area contributed by atoms with Gasteiger partial charge in [-0.3, -0.25) is 57.9 Å². The van der Waals surface area contributed by atoms with E-state index in [4.69, 9.17) is 0 Å². The van der Waals surface area contributed by atoms with Crippen molar-refractivity contribution in [1.82, 2.24) is 70.6 Å². The first-order valence-electron chi connectivity index (χ1n) is 25.3. The maximum atomic E-state index is 15.0. The lowest BCUT2D eigenvalue weighted by molar-refractivity contribution is -0.152. The third-order valence-electron chi connectivity index (χ3n) is 13.8. The quantitative estimate of drug-likeness (QED) is 0.190. The van der Waals surface area contributed by atoms with Crippen LogP contribution in [0, 0.1) is 11.8 Å². The Morgan fingerprint density at radius 2 is 0.846 bits per heavy atom. The molecule has 0 unspecified atom stereocenters. The molecule has 26 heteroatoms. The molecule has 418 valence electrons. The van der Waals surface area contributed by atoms with Crippen LogP contribution in [0.1, 0.15) is 62.5 Å². The first-order chi connectivity index (χ1) is 36.8. The monoisotopic (exact) mass is 1110 g/mol. The molecule has 8 atom stereocenters. The average Bonchev–Trinajstić information content (AvgIpc) is 3.42. The van der Waals surface area contributed by atoms with Gasteiger partial charge in [0.1, 0.15) is 59.7 Å². The Bertz CT molecular complexity index is 2770. The van der Waals surface area contributed by atoms with Crippen LogP contribution < -0.4 is 21.3 Å². The van der Waals surface area contributed by atoms with Gasteiger partial charge in [0.15, 0.2) is 0 Å². The smallest absolute Gasteiger partial charge is 0.272 e. The van der Waals surface area contributed by atoms with Gasteiger partial charge in [0, 0.05) is 66.9 Å². The van der Waals surface area contributed by atoms with Gasteiger partial charge in [0.25, 0.3) is 11.8 Å². The summed E-state index contributed by atoms with van der Waals surface area (Å²) in [7, 11) is 10.6. The van der Waals surface area contributed by atoms with Crippen molar-refractivity contribution in [1.29, 1.82) is 0 Å². The van der Waals surface area contributed by atoms with E-state index in [9.17, 15) is 38.4 Å². The molecule has 6 rings (SSSR count). The third kappa shape index (κ3) is 13.6. The topological polar surface area (TPSA) is 290 Å². The van der Waals surface area contributed by atoms with E-state index in [1.165, 1.54) is 88.1 Å². The van der Waals surface area contributed by atoms with Crippen LogP contribution in [0.4, 0.5) is 0 Å². The molecule has 2 aliphatic rings. The predicted octanol–water partition coefficient (Wildman–Crippen LogP) is 0.425. The van der Waals surface area contributed by atoms with Crippen molar-refractivity contribution in [3.63, 3.8) is 0 Å². The van der Waals surface area contributed by atoms with E-state index in [1.807, 2.05) is 0 Å². The predicted molar refractivity (Wildman–Crippen MR) is 293 cm³/mol. The van der Waals surface area contributed by atoms with E-state index >= 15 is 9.59 Å². The Hall–Kier alpha value is -7.48. The molecule has 2 aromatic carbocycles. The number of likely N-dealkylation sites (N-methyl/N-ethyl adjacent to an activating group) is 6. The number of nitrogens with zero attached hydrogens (tertiary/aromatic N) is 10. The molecule has 2 aromatic heterocycles. The molecule has 2 fully saturated rings. The fourth-order valence-corrected chi connectivity index (χ4v) is 11.8. The van der Waals surface area contributed by atoms with Gasteiger partial charge in [-0.1, -0.05) is 73.5 Å². The Morgan fingerprint density at radius 3 is 1.18 bits per heavy atom. The van der Waals surface area contributed by atoms with Gasteiger partial charge in [0.2, 0.25) is 47.3 Å². The van der Waals surface area contributed by atoms with E-state index in [0.717, 1.165) is 31.4 Å². The van der Waals surface area contributed by atoms with Gasteiger partial charge in [0.05, 0.1) is 34.5 Å². The van der Waals surface area contributed by atoms with Crippen molar-refractivity contribution in [2.24, 2.45) is 11.8 Å². The highest BCUT2D eigenvalue weighted by Gasteiger charge is 2.43. The van der Waals surface area contributed by atoms with Crippen LogP contribution >= 0.6 is 21.6 Å². The largest absolute Gasteiger partial charge is 0.343 e. The van der Waals surface area contributed by atoms with Crippen LogP contribution in [0.5, 0.6) is 0 Å². The Morgan fingerprint density at radius 1 is 0.513 bits per heavy atom. The first kappa shape index (κ1) is 59.8. The molecule has 24 nitrogen and oxygen atoms in total. The van der Waals surface area contributed by atoms with Crippen molar-refractivity contribution in [3.05, 3.63) is 72.3 Å². The minimum atomic E-state index is -1.52. The summed E-state index contributed by atoms with van der Waals surface area (Å²) >= 11 is 0. The highest BCUT2D eigenvalue weighted by atomic mass is 33.1. The number of para-hydroxylation sites is 4. The molecule has 2 bridgehead atoms. The lowest BCUT2D eigenvalue weighted by Gasteiger charge is -2.39.